The summed E-state index contributed by atoms with van der Waals surface area (Å²) in [6.07, 6.45) is 3.87. The fourth-order valence-electron chi connectivity index (χ4n) is 2.07. The van der Waals surface area contributed by atoms with Crippen molar-refractivity contribution >= 4 is 32.8 Å². The first-order valence-corrected chi connectivity index (χ1v) is 7.10. The Labute approximate surface area is 128 Å². The summed E-state index contributed by atoms with van der Waals surface area (Å²) in [5.41, 5.74) is 2.27. The largest absolute Gasteiger partial charge is 0.481 e. The predicted molar refractivity (Wildman–Crippen MR) is 80.3 cm³/mol. The van der Waals surface area contributed by atoms with Gasteiger partial charge in [-0.1, -0.05) is 17.3 Å². The number of aliphatic carboxylic acids is 1. The molecular weight excluding hydrogens is 336 g/mol. The molecule has 0 saturated carbocycles. The molecule has 0 spiro atoms. The summed E-state index contributed by atoms with van der Waals surface area (Å²) in [6.45, 7) is 0. The van der Waals surface area contributed by atoms with Crippen LogP contribution in [0.15, 0.2) is 41.1 Å². The second-order valence-electron chi connectivity index (χ2n) is 4.55. The maximum Gasteiger partial charge on any atom is 0.303 e. The highest BCUT2D eigenvalue weighted by molar-refractivity contribution is 9.10. The third-order valence-electron chi connectivity index (χ3n) is 3.04. The van der Waals surface area contributed by atoms with Gasteiger partial charge in [0, 0.05) is 22.5 Å². The number of carbonyl (C=O) groups is 1. The van der Waals surface area contributed by atoms with Gasteiger partial charge in [-0.05, 0) is 28.1 Å². The van der Waals surface area contributed by atoms with E-state index >= 15 is 0 Å². The molecule has 0 bridgehead atoms. The first-order chi connectivity index (χ1) is 10.1. The minimum absolute atomic E-state index is 0.0411. The van der Waals surface area contributed by atoms with Gasteiger partial charge in [0.2, 0.25) is 0 Å². The van der Waals surface area contributed by atoms with Crippen LogP contribution in [0, 0.1) is 0 Å². The molecule has 0 unspecified atom stereocenters. The molecule has 0 atom stereocenters. The molecule has 0 aliphatic carbocycles. The number of hydrogen-bond acceptors (Lipinski definition) is 4. The molecule has 21 heavy (non-hydrogen) atoms. The average molecular weight is 347 g/mol. The highest BCUT2D eigenvalue weighted by Crippen LogP contribution is 2.22. The van der Waals surface area contributed by atoms with E-state index < -0.39 is 5.97 Å². The van der Waals surface area contributed by atoms with E-state index in [-0.39, 0.29) is 6.42 Å². The van der Waals surface area contributed by atoms with Crippen LogP contribution in [0.1, 0.15) is 12.1 Å². The van der Waals surface area contributed by atoms with Gasteiger partial charge in [-0.15, -0.1) is 5.10 Å². The van der Waals surface area contributed by atoms with E-state index in [4.69, 9.17) is 5.11 Å². The van der Waals surface area contributed by atoms with Gasteiger partial charge in [0.25, 0.3) is 0 Å². The number of hydrogen-bond donors (Lipinski definition) is 1. The number of carboxylic acid groups (broad SMARTS) is 1. The monoisotopic (exact) mass is 346 g/mol. The van der Waals surface area contributed by atoms with E-state index in [0.29, 0.717) is 12.1 Å². The average Bonchev–Trinajstić information content (AvgIpc) is 2.93. The van der Waals surface area contributed by atoms with Crippen molar-refractivity contribution in [3.8, 4) is 5.69 Å². The molecule has 6 nitrogen and oxygen atoms in total. The molecule has 2 aromatic heterocycles. The van der Waals surface area contributed by atoms with Crippen LogP contribution < -0.4 is 0 Å². The lowest BCUT2D eigenvalue weighted by Gasteiger charge is -2.04. The van der Waals surface area contributed by atoms with Crippen molar-refractivity contribution in [2.24, 2.45) is 0 Å². The van der Waals surface area contributed by atoms with Gasteiger partial charge >= 0.3 is 5.97 Å². The van der Waals surface area contributed by atoms with E-state index in [1.165, 1.54) is 0 Å². The summed E-state index contributed by atoms with van der Waals surface area (Å²) in [5.74, 6) is -0.846. The number of halogens is 1. The quantitative estimate of drug-likeness (QED) is 0.785. The molecule has 1 aromatic carbocycles. The Morgan fingerprint density at radius 3 is 3.05 bits per heavy atom. The Kier molecular flexibility index (Phi) is 3.66. The lowest BCUT2D eigenvalue weighted by atomic mass is 10.2. The topological polar surface area (TPSA) is 80.9 Å². The fourth-order valence-corrected chi connectivity index (χ4v) is 2.42. The molecule has 0 aliphatic heterocycles. The van der Waals surface area contributed by atoms with Crippen molar-refractivity contribution in [2.75, 3.05) is 0 Å². The highest BCUT2D eigenvalue weighted by atomic mass is 79.9. The Morgan fingerprint density at radius 2 is 2.24 bits per heavy atom. The van der Waals surface area contributed by atoms with Crippen LogP contribution >= 0.6 is 15.9 Å². The van der Waals surface area contributed by atoms with Crippen molar-refractivity contribution in [2.45, 2.75) is 12.8 Å². The van der Waals surface area contributed by atoms with Gasteiger partial charge in [0.05, 0.1) is 29.5 Å². The summed E-state index contributed by atoms with van der Waals surface area (Å²) in [5, 5.41) is 17.7. The first-order valence-electron chi connectivity index (χ1n) is 6.31. The predicted octanol–water partition coefficient (Wildman–Crippen LogP) is 2.60. The number of para-hydroxylation sites is 1. The van der Waals surface area contributed by atoms with Crippen LogP contribution in [0.4, 0.5) is 0 Å². The van der Waals surface area contributed by atoms with E-state index in [1.807, 2.05) is 24.3 Å². The van der Waals surface area contributed by atoms with Gasteiger partial charge in [0.15, 0.2) is 0 Å². The maximum atomic E-state index is 10.6. The van der Waals surface area contributed by atoms with Crippen LogP contribution in [0.5, 0.6) is 0 Å². The lowest BCUT2D eigenvalue weighted by molar-refractivity contribution is -0.136. The molecule has 0 radical (unpaired) electrons. The zero-order valence-corrected chi connectivity index (χ0v) is 12.5. The minimum Gasteiger partial charge on any atom is -0.481 e. The maximum absolute atomic E-state index is 10.6. The van der Waals surface area contributed by atoms with Crippen LogP contribution in [-0.2, 0) is 11.2 Å². The molecule has 1 N–H and O–H groups in total. The molecule has 2 heterocycles. The van der Waals surface area contributed by atoms with Crippen molar-refractivity contribution in [1.29, 1.82) is 0 Å². The van der Waals surface area contributed by atoms with E-state index in [9.17, 15) is 4.79 Å². The fraction of sp³-hybridized carbons (Fsp3) is 0.143. The Morgan fingerprint density at radius 1 is 1.38 bits per heavy atom. The van der Waals surface area contributed by atoms with Crippen molar-refractivity contribution < 1.29 is 9.90 Å². The molecule has 106 valence electrons. The van der Waals surface area contributed by atoms with Crippen LogP contribution in [0.3, 0.4) is 0 Å². The number of fused-ring (bicyclic) bond motifs is 1. The molecular formula is C14H11BrN4O2. The number of carboxylic acids is 1. The van der Waals surface area contributed by atoms with Crippen molar-refractivity contribution in [3.63, 3.8) is 0 Å². The SMILES string of the molecule is O=C(O)CCc1cn(-c2cccc3cc(Br)cnc23)nn1. The summed E-state index contributed by atoms with van der Waals surface area (Å²) in [6, 6.07) is 7.77. The zero-order valence-electron chi connectivity index (χ0n) is 10.9. The summed E-state index contributed by atoms with van der Waals surface area (Å²) >= 11 is 3.40. The Hall–Kier alpha value is -2.28. The van der Waals surface area contributed by atoms with Gasteiger partial charge in [-0.25, -0.2) is 4.68 Å². The van der Waals surface area contributed by atoms with E-state index in [2.05, 4.69) is 31.2 Å². The summed E-state index contributed by atoms with van der Waals surface area (Å²) in [7, 11) is 0. The van der Waals surface area contributed by atoms with Gasteiger partial charge < -0.3 is 5.11 Å². The van der Waals surface area contributed by atoms with Gasteiger partial charge in [0.1, 0.15) is 0 Å². The first kappa shape index (κ1) is 13.7. The van der Waals surface area contributed by atoms with Crippen LogP contribution in [0.25, 0.3) is 16.6 Å². The highest BCUT2D eigenvalue weighted by Gasteiger charge is 2.09. The zero-order chi connectivity index (χ0) is 14.8. The Balaban J connectivity index is 1.99. The summed E-state index contributed by atoms with van der Waals surface area (Å²) < 4.78 is 2.54. The number of benzene rings is 1. The molecule has 3 rings (SSSR count). The molecule has 0 aliphatic rings. The standard InChI is InChI=1S/C14H11BrN4O2/c15-10-6-9-2-1-3-12(14(9)16-7-10)19-8-11(17-18-19)4-5-13(20)21/h1-3,6-8H,4-5H2,(H,20,21). The summed E-state index contributed by atoms with van der Waals surface area (Å²) in [4.78, 5) is 15.0. The number of pyridine rings is 1. The molecule has 3 aromatic rings. The molecule has 7 heteroatoms. The smallest absolute Gasteiger partial charge is 0.303 e. The second-order valence-corrected chi connectivity index (χ2v) is 5.47. The molecule has 0 amide bonds. The van der Waals surface area contributed by atoms with E-state index in [1.54, 1.807) is 17.1 Å². The normalized spacial score (nSPS) is 10.9. The van der Waals surface area contributed by atoms with Crippen LogP contribution in [-0.4, -0.2) is 31.1 Å². The van der Waals surface area contributed by atoms with Crippen LogP contribution in [0.2, 0.25) is 0 Å². The minimum atomic E-state index is -0.846. The number of rotatable bonds is 4. The molecule has 0 saturated heterocycles. The third kappa shape index (κ3) is 2.92. The third-order valence-corrected chi connectivity index (χ3v) is 3.47. The van der Waals surface area contributed by atoms with Crippen molar-refractivity contribution in [3.05, 3.63) is 46.8 Å². The molecule has 0 fully saturated rings. The number of aryl methyl sites for hydroxylation is 1. The Bertz CT molecular complexity index is 816. The lowest BCUT2D eigenvalue weighted by Crippen LogP contribution is -1.98. The number of aromatic nitrogens is 4. The van der Waals surface area contributed by atoms with Gasteiger partial charge in [-0.2, -0.15) is 0 Å². The van der Waals surface area contributed by atoms with Crippen molar-refractivity contribution in [1.82, 2.24) is 20.0 Å². The number of nitrogens with zero attached hydrogens (tertiary/aromatic N) is 4. The van der Waals surface area contributed by atoms with E-state index in [0.717, 1.165) is 21.1 Å². The van der Waals surface area contributed by atoms with Gasteiger partial charge in [-0.3, -0.25) is 9.78 Å². The second kappa shape index (κ2) is 5.61.